The van der Waals surface area contributed by atoms with Gasteiger partial charge in [0.2, 0.25) is 0 Å². The summed E-state index contributed by atoms with van der Waals surface area (Å²) in [5.41, 5.74) is 0.849. The van der Waals surface area contributed by atoms with Gasteiger partial charge >= 0.3 is 11.9 Å². The number of nitrogens with one attached hydrogen (secondary N) is 1. The predicted molar refractivity (Wildman–Crippen MR) is 108 cm³/mol. The summed E-state index contributed by atoms with van der Waals surface area (Å²) in [6.45, 7) is 6.60. The highest BCUT2D eigenvalue weighted by molar-refractivity contribution is 5.91. The first kappa shape index (κ1) is 22.2. The SMILES string of the molecule is COc1ccc(C(=O)Oc2ccc(COC(=O)CCNC(C)(C)C)cc2O)cc1. The molecule has 0 bridgehead atoms. The van der Waals surface area contributed by atoms with Gasteiger partial charge in [0.15, 0.2) is 11.5 Å². The third-order valence-corrected chi connectivity index (χ3v) is 3.94. The molecule has 29 heavy (non-hydrogen) atoms. The van der Waals surface area contributed by atoms with E-state index in [4.69, 9.17) is 14.2 Å². The lowest BCUT2D eigenvalue weighted by molar-refractivity contribution is -0.144. The van der Waals surface area contributed by atoms with Crippen molar-refractivity contribution in [2.24, 2.45) is 0 Å². The van der Waals surface area contributed by atoms with E-state index in [1.54, 1.807) is 30.3 Å². The van der Waals surface area contributed by atoms with Crippen LogP contribution < -0.4 is 14.8 Å². The average molecular weight is 401 g/mol. The molecule has 156 valence electrons. The van der Waals surface area contributed by atoms with Gasteiger partial charge in [0.25, 0.3) is 0 Å². The minimum absolute atomic E-state index is 0.0224. The molecule has 0 radical (unpaired) electrons. The molecule has 0 amide bonds. The first-order valence-electron chi connectivity index (χ1n) is 9.27. The molecule has 2 aromatic rings. The predicted octanol–water partition coefficient (Wildman–Crippen LogP) is 3.44. The number of benzene rings is 2. The Hall–Kier alpha value is -3.06. The number of rotatable bonds is 8. The molecule has 7 heteroatoms. The maximum atomic E-state index is 12.2. The molecule has 0 aliphatic heterocycles. The molecule has 2 N–H and O–H groups in total. The van der Waals surface area contributed by atoms with Crippen LogP contribution in [0.15, 0.2) is 42.5 Å². The topological polar surface area (TPSA) is 94.1 Å². The highest BCUT2D eigenvalue weighted by atomic mass is 16.5. The van der Waals surface area contributed by atoms with E-state index in [1.807, 2.05) is 20.8 Å². The maximum absolute atomic E-state index is 12.2. The Morgan fingerprint density at radius 2 is 1.76 bits per heavy atom. The number of carbonyl (C=O) groups excluding carboxylic acids is 2. The van der Waals surface area contributed by atoms with Crippen molar-refractivity contribution in [1.82, 2.24) is 5.32 Å². The molecule has 0 heterocycles. The maximum Gasteiger partial charge on any atom is 0.343 e. The molecular weight excluding hydrogens is 374 g/mol. The molecule has 0 fully saturated rings. The average Bonchev–Trinajstić information content (AvgIpc) is 2.67. The summed E-state index contributed by atoms with van der Waals surface area (Å²) in [6, 6.07) is 10.9. The fourth-order valence-corrected chi connectivity index (χ4v) is 2.40. The van der Waals surface area contributed by atoms with Crippen LogP contribution in [0.3, 0.4) is 0 Å². The van der Waals surface area contributed by atoms with Gasteiger partial charge in [-0.05, 0) is 62.7 Å². The Balaban J connectivity index is 1.87. The Morgan fingerprint density at radius 1 is 1.07 bits per heavy atom. The molecule has 0 atom stereocenters. The van der Waals surface area contributed by atoms with Gasteiger partial charge in [0, 0.05) is 12.1 Å². The zero-order chi connectivity index (χ0) is 21.4. The number of carbonyl (C=O) groups is 2. The molecule has 2 rings (SSSR count). The number of hydrogen-bond acceptors (Lipinski definition) is 7. The molecule has 2 aromatic carbocycles. The summed E-state index contributed by atoms with van der Waals surface area (Å²) in [5.74, 6) is -0.507. The summed E-state index contributed by atoms with van der Waals surface area (Å²) >= 11 is 0. The van der Waals surface area contributed by atoms with Crippen LogP contribution in [0.1, 0.15) is 43.1 Å². The fraction of sp³-hybridized carbons (Fsp3) is 0.364. The molecule has 0 spiro atoms. The standard InChI is InChI=1S/C22H27NO6/c1-22(2,3)23-12-11-20(25)28-14-15-5-10-19(18(24)13-15)29-21(26)16-6-8-17(27-4)9-7-16/h5-10,13,23-24H,11-12,14H2,1-4H3. The summed E-state index contributed by atoms with van der Waals surface area (Å²) in [4.78, 5) is 24.0. The third-order valence-electron chi connectivity index (χ3n) is 3.94. The van der Waals surface area contributed by atoms with Gasteiger partial charge in [-0.2, -0.15) is 0 Å². The van der Waals surface area contributed by atoms with Gasteiger partial charge in [-0.3, -0.25) is 4.79 Å². The van der Waals surface area contributed by atoms with Crippen LogP contribution >= 0.6 is 0 Å². The Kier molecular flexibility index (Phi) is 7.61. The lowest BCUT2D eigenvalue weighted by Crippen LogP contribution is -2.37. The number of phenols is 1. The first-order valence-corrected chi connectivity index (χ1v) is 9.27. The molecule has 7 nitrogen and oxygen atoms in total. The molecule has 0 aliphatic rings. The van der Waals surface area contributed by atoms with Crippen molar-refractivity contribution in [3.8, 4) is 17.2 Å². The van der Waals surface area contributed by atoms with Gasteiger partial charge in [0.1, 0.15) is 12.4 Å². The lowest BCUT2D eigenvalue weighted by Gasteiger charge is -2.19. The van der Waals surface area contributed by atoms with Crippen molar-refractivity contribution in [2.75, 3.05) is 13.7 Å². The van der Waals surface area contributed by atoms with Crippen LogP contribution in [0.4, 0.5) is 0 Å². The normalized spacial score (nSPS) is 11.0. The van der Waals surface area contributed by atoms with Crippen molar-refractivity contribution in [3.63, 3.8) is 0 Å². The lowest BCUT2D eigenvalue weighted by atomic mass is 10.1. The van der Waals surface area contributed by atoms with E-state index in [9.17, 15) is 14.7 Å². The molecule has 0 saturated carbocycles. The van der Waals surface area contributed by atoms with Crippen LogP contribution in [0.2, 0.25) is 0 Å². The monoisotopic (exact) mass is 401 g/mol. The van der Waals surface area contributed by atoms with E-state index in [-0.39, 0.29) is 36.0 Å². The first-order chi connectivity index (χ1) is 13.7. The summed E-state index contributed by atoms with van der Waals surface area (Å²) in [5, 5.41) is 13.3. The van der Waals surface area contributed by atoms with Gasteiger partial charge in [-0.15, -0.1) is 0 Å². The molecule has 0 aliphatic carbocycles. The smallest absolute Gasteiger partial charge is 0.343 e. The van der Waals surface area contributed by atoms with E-state index in [2.05, 4.69) is 5.32 Å². The van der Waals surface area contributed by atoms with Crippen LogP contribution in [0.25, 0.3) is 0 Å². The van der Waals surface area contributed by atoms with E-state index in [1.165, 1.54) is 19.2 Å². The summed E-state index contributed by atoms with van der Waals surface area (Å²) < 4.78 is 15.5. The second kappa shape index (κ2) is 9.93. The van der Waals surface area contributed by atoms with Crippen LogP contribution in [-0.4, -0.2) is 36.2 Å². The summed E-state index contributed by atoms with van der Waals surface area (Å²) in [7, 11) is 1.53. The Bertz CT molecular complexity index is 839. The largest absolute Gasteiger partial charge is 0.504 e. The van der Waals surface area contributed by atoms with E-state index in [0.717, 1.165) is 0 Å². The number of phenolic OH excluding ortho intramolecular Hbond substituents is 1. The minimum atomic E-state index is -0.603. The van der Waals surface area contributed by atoms with Crippen molar-refractivity contribution in [3.05, 3.63) is 53.6 Å². The minimum Gasteiger partial charge on any atom is -0.504 e. The molecule has 0 aromatic heterocycles. The van der Waals surface area contributed by atoms with Gasteiger partial charge < -0.3 is 24.6 Å². The number of ether oxygens (including phenoxy) is 3. The zero-order valence-corrected chi connectivity index (χ0v) is 17.2. The molecule has 0 saturated heterocycles. The van der Waals surface area contributed by atoms with Crippen molar-refractivity contribution < 1.29 is 28.9 Å². The van der Waals surface area contributed by atoms with E-state index < -0.39 is 5.97 Å². The van der Waals surface area contributed by atoms with Gasteiger partial charge in [-0.25, -0.2) is 4.79 Å². The van der Waals surface area contributed by atoms with Crippen LogP contribution in [0, 0.1) is 0 Å². The fourth-order valence-electron chi connectivity index (χ4n) is 2.40. The molecule has 0 unspecified atom stereocenters. The van der Waals surface area contributed by atoms with Crippen molar-refractivity contribution in [2.45, 2.75) is 39.3 Å². The zero-order valence-electron chi connectivity index (χ0n) is 17.2. The quantitative estimate of drug-likeness (QED) is 0.517. The number of aromatic hydroxyl groups is 1. The van der Waals surface area contributed by atoms with Gasteiger partial charge in [0.05, 0.1) is 19.1 Å². The van der Waals surface area contributed by atoms with Gasteiger partial charge in [-0.1, -0.05) is 6.07 Å². The van der Waals surface area contributed by atoms with Crippen LogP contribution in [0.5, 0.6) is 17.2 Å². The number of esters is 2. The second-order valence-electron chi connectivity index (χ2n) is 7.51. The summed E-state index contributed by atoms with van der Waals surface area (Å²) in [6.07, 6.45) is 0.251. The number of hydrogen-bond donors (Lipinski definition) is 2. The van der Waals surface area contributed by atoms with E-state index in [0.29, 0.717) is 23.4 Å². The Labute approximate surface area is 170 Å². The number of methoxy groups -OCH3 is 1. The van der Waals surface area contributed by atoms with E-state index >= 15 is 0 Å². The highest BCUT2D eigenvalue weighted by Gasteiger charge is 2.14. The van der Waals surface area contributed by atoms with Crippen molar-refractivity contribution in [1.29, 1.82) is 0 Å². The Morgan fingerprint density at radius 3 is 2.34 bits per heavy atom. The van der Waals surface area contributed by atoms with Crippen LogP contribution in [-0.2, 0) is 16.1 Å². The molecular formula is C22H27NO6. The third kappa shape index (κ3) is 7.46. The highest BCUT2D eigenvalue weighted by Crippen LogP contribution is 2.28. The van der Waals surface area contributed by atoms with Crippen molar-refractivity contribution >= 4 is 11.9 Å². The second-order valence-corrected chi connectivity index (χ2v) is 7.51.